The molecule has 8 nitrogen and oxygen atoms in total. The van der Waals surface area contributed by atoms with Crippen molar-refractivity contribution in [2.75, 3.05) is 19.6 Å². The molecule has 2 fully saturated rings. The third kappa shape index (κ3) is 3.98. The van der Waals surface area contributed by atoms with Gasteiger partial charge in [0.05, 0.1) is 0 Å². The molecule has 2 aliphatic heterocycles. The van der Waals surface area contributed by atoms with Crippen molar-refractivity contribution in [2.45, 2.75) is 32.4 Å². The number of likely N-dealkylation sites (tertiary alicyclic amines) is 1. The quantitative estimate of drug-likeness (QED) is 0.825. The number of carbonyl (C=O) groups is 1. The molecule has 9 heteroatoms. The topological polar surface area (TPSA) is 88.0 Å². The van der Waals surface area contributed by atoms with Crippen LogP contribution in [0.3, 0.4) is 0 Å². The Hall–Kier alpha value is -2.39. The van der Waals surface area contributed by atoms with Crippen molar-refractivity contribution in [1.29, 1.82) is 0 Å². The van der Waals surface area contributed by atoms with E-state index >= 15 is 0 Å². The number of aromatic nitrogens is 4. The van der Waals surface area contributed by atoms with Gasteiger partial charge in [0.25, 0.3) is 0 Å². The minimum Gasteiger partial charge on any atom is -0.341 e. The minimum atomic E-state index is -0.317. The predicted molar refractivity (Wildman–Crippen MR) is 96.6 cm³/mol. The van der Waals surface area contributed by atoms with Crippen LogP contribution in [0.2, 0.25) is 0 Å². The molecule has 0 saturated carbocycles. The lowest BCUT2D eigenvalue weighted by Crippen LogP contribution is -2.46. The van der Waals surface area contributed by atoms with Gasteiger partial charge in [-0.3, -0.25) is 15.6 Å². The number of tetrazole rings is 1. The van der Waals surface area contributed by atoms with Crippen LogP contribution in [0.4, 0.5) is 4.39 Å². The highest BCUT2D eigenvalue weighted by Crippen LogP contribution is 2.26. The van der Waals surface area contributed by atoms with E-state index in [2.05, 4.69) is 33.2 Å². The number of rotatable bonds is 4. The van der Waals surface area contributed by atoms with E-state index in [9.17, 15) is 9.18 Å². The average Bonchev–Trinajstić information content (AvgIpc) is 3.31. The molecule has 2 atom stereocenters. The van der Waals surface area contributed by atoms with Crippen LogP contribution >= 0.6 is 0 Å². The van der Waals surface area contributed by atoms with Crippen LogP contribution in [0, 0.1) is 17.7 Å². The van der Waals surface area contributed by atoms with Crippen molar-refractivity contribution in [3.8, 4) is 11.4 Å². The lowest BCUT2D eigenvalue weighted by Gasteiger charge is -2.35. The second-order valence-electron chi connectivity index (χ2n) is 7.40. The monoisotopic (exact) mass is 373 g/mol. The summed E-state index contributed by atoms with van der Waals surface area (Å²) in [5.41, 5.74) is 7.27. The molecule has 2 aromatic rings. The first-order chi connectivity index (χ1) is 13.1. The van der Waals surface area contributed by atoms with Gasteiger partial charge in [0.2, 0.25) is 11.7 Å². The van der Waals surface area contributed by atoms with E-state index in [4.69, 9.17) is 0 Å². The molecule has 0 radical (unpaired) electrons. The Kier molecular flexibility index (Phi) is 5.13. The van der Waals surface area contributed by atoms with Gasteiger partial charge in [0.15, 0.2) is 0 Å². The number of nitrogens with one attached hydrogen (secondary N) is 2. The SMILES string of the molecule is CC1CNNC1C1CCN(C(=O)Cn2nnc(-c3ccc(F)cc3)n2)CC1. The van der Waals surface area contributed by atoms with Crippen LogP contribution < -0.4 is 10.9 Å². The van der Waals surface area contributed by atoms with Crippen molar-refractivity contribution in [3.63, 3.8) is 0 Å². The normalized spacial score (nSPS) is 23.7. The van der Waals surface area contributed by atoms with Gasteiger partial charge in [-0.25, -0.2) is 4.39 Å². The number of hydrazine groups is 1. The first-order valence-corrected chi connectivity index (χ1v) is 9.40. The summed E-state index contributed by atoms with van der Waals surface area (Å²) < 4.78 is 13.0. The summed E-state index contributed by atoms with van der Waals surface area (Å²) >= 11 is 0. The molecule has 1 aromatic heterocycles. The summed E-state index contributed by atoms with van der Waals surface area (Å²) in [6, 6.07) is 6.37. The van der Waals surface area contributed by atoms with Crippen LogP contribution in [0.5, 0.6) is 0 Å². The van der Waals surface area contributed by atoms with Crippen molar-refractivity contribution >= 4 is 5.91 Å². The van der Waals surface area contributed by atoms with Crippen LogP contribution in [-0.2, 0) is 11.3 Å². The van der Waals surface area contributed by atoms with E-state index in [1.165, 1.54) is 16.9 Å². The second-order valence-corrected chi connectivity index (χ2v) is 7.40. The Morgan fingerprint density at radius 2 is 2.00 bits per heavy atom. The lowest BCUT2D eigenvalue weighted by atomic mass is 9.84. The maximum Gasteiger partial charge on any atom is 0.246 e. The van der Waals surface area contributed by atoms with E-state index in [0.29, 0.717) is 29.3 Å². The Labute approximate surface area is 157 Å². The zero-order chi connectivity index (χ0) is 18.8. The number of piperidine rings is 1. The highest BCUT2D eigenvalue weighted by molar-refractivity contribution is 5.75. The Bertz CT molecular complexity index is 785. The standard InChI is InChI=1S/C18H24FN7O/c1-12-10-20-21-17(12)13-6-8-25(9-7-13)16(27)11-26-23-18(22-24-26)14-2-4-15(19)5-3-14/h2-5,12-13,17,20-21H,6-11H2,1H3. The Morgan fingerprint density at radius 3 is 2.67 bits per heavy atom. The first-order valence-electron chi connectivity index (χ1n) is 9.40. The van der Waals surface area contributed by atoms with Gasteiger partial charge < -0.3 is 4.90 Å². The molecule has 1 aromatic carbocycles. The fraction of sp³-hybridized carbons (Fsp3) is 0.556. The Morgan fingerprint density at radius 1 is 1.26 bits per heavy atom. The smallest absolute Gasteiger partial charge is 0.246 e. The van der Waals surface area contributed by atoms with E-state index in [1.807, 2.05) is 4.90 Å². The van der Waals surface area contributed by atoms with Crippen molar-refractivity contribution < 1.29 is 9.18 Å². The highest BCUT2D eigenvalue weighted by atomic mass is 19.1. The number of hydrogen-bond acceptors (Lipinski definition) is 6. The van der Waals surface area contributed by atoms with Gasteiger partial charge in [-0.15, -0.1) is 10.2 Å². The Balaban J connectivity index is 1.31. The summed E-state index contributed by atoms with van der Waals surface area (Å²) in [4.78, 5) is 15.8. The summed E-state index contributed by atoms with van der Waals surface area (Å²) in [6.45, 7) is 4.84. The zero-order valence-corrected chi connectivity index (χ0v) is 15.3. The lowest BCUT2D eigenvalue weighted by molar-refractivity contribution is -0.133. The number of carbonyl (C=O) groups excluding carboxylic acids is 1. The summed E-state index contributed by atoms with van der Waals surface area (Å²) in [6.07, 6.45) is 2.00. The summed E-state index contributed by atoms with van der Waals surface area (Å²) in [7, 11) is 0. The van der Waals surface area contributed by atoms with E-state index in [0.717, 1.165) is 32.5 Å². The van der Waals surface area contributed by atoms with Crippen LogP contribution in [0.25, 0.3) is 11.4 Å². The number of halogens is 1. The molecule has 2 N–H and O–H groups in total. The maximum absolute atomic E-state index is 13.0. The average molecular weight is 373 g/mol. The van der Waals surface area contributed by atoms with E-state index < -0.39 is 0 Å². The molecule has 2 aliphatic rings. The first kappa shape index (κ1) is 18.0. The highest BCUT2D eigenvalue weighted by Gasteiger charge is 2.34. The number of nitrogens with zero attached hydrogens (tertiary/aromatic N) is 5. The molecule has 2 unspecified atom stereocenters. The molecule has 0 aliphatic carbocycles. The molecular formula is C18H24FN7O. The van der Waals surface area contributed by atoms with Gasteiger partial charge in [-0.05, 0) is 54.2 Å². The second kappa shape index (κ2) is 7.69. The van der Waals surface area contributed by atoms with Crippen molar-refractivity contribution in [3.05, 3.63) is 30.1 Å². The van der Waals surface area contributed by atoms with Gasteiger partial charge in [-0.2, -0.15) is 4.80 Å². The molecule has 27 heavy (non-hydrogen) atoms. The van der Waals surface area contributed by atoms with E-state index in [-0.39, 0.29) is 18.3 Å². The zero-order valence-electron chi connectivity index (χ0n) is 15.3. The minimum absolute atomic E-state index is 0.00191. The van der Waals surface area contributed by atoms with Crippen LogP contribution in [0.1, 0.15) is 19.8 Å². The summed E-state index contributed by atoms with van der Waals surface area (Å²) in [5, 5.41) is 12.2. The number of benzene rings is 1. The maximum atomic E-state index is 13.0. The molecule has 2 saturated heterocycles. The predicted octanol–water partition coefficient (Wildman–Crippen LogP) is 0.830. The number of amides is 1. The number of hydrogen-bond donors (Lipinski definition) is 2. The summed E-state index contributed by atoms with van der Waals surface area (Å²) in [5.74, 6) is 1.27. The molecule has 144 valence electrons. The fourth-order valence-electron chi connectivity index (χ4n) is 3.94. The molecule has 0 spiro atoms. The molecule has 1 amide bonds. The van der Waals surface area contributed by atoms with Gasteiger partial charge in [0, 0.05) is 31.2 Å². The van der Waals surface area contributed by atoms with Gasteiger partial charge in [-0.1, -0.05) is 6.92 Å². The third-order valence-corrected chi connectivity index (χ3v) is 5.54. The molecule has 0 bridgehead atoms. The molecule has 3 heterocycles. The van der Waals surface area contributed by atoms with Crippen LogP contribution in [0.15, 0.2) is 24.3 Å². The van der Waals surface area contributed by atoms with Crippen molar-refractivity contribution in [1.82, 2.24) is 36.0 Å². The fourth-order valence-corrected chi connectivity index (χ4v) is 3.94. The van der Waals surface area contributed by atoms with Gasteiger partial charge in [0.1, 0.15) is 12.4 Å². The molecular weight excluding hydrogens is 349 g/mol. The third-order valence-electron chi connectivity index (χ3n) is 5.54. The molecule has 4 rings (SSSR count). The van der Waals surface area contributed by atoms with Crippen LogP contribution in [-0.4, -0.2) is 56.7 Å². The van der Waals surface area contributed by atoms with Crippen molar-refractivity contribution in [2.24, 2.45) is 11.8 Å². The van der Waals surface area contributed by atoms with E-state index in [1.54, 1.807) is 12.1 Å². The largest absolute Gasteiger partial charge is 0.341 e. The van der Waals surface area contributed by atoms with Gasteiger partial charge >= 0.3 is 0 Å².